The molecule has 0 spiro atoms. The number of furan rings is 1. The van der Waals surface area contributed by atoms with Gasteiger partial charge in [0, 0.05) is 24.9 Å². The van der Waals surface area contributed by atoms with Crippen LogP contribution in [0, 0.1) is 12.8 Å². The number of carbonyl (C=O) groups excluding carboxylic acids is 2. The number of nitrogens with zero attached hydrogens (tertiary/aromatic N) is 1. The lowest BCUT2D eigenvalue weighted by Gasteiger charge is -2.15. The van der Waals surface area contributed by atoms with Crippen molar-refractivity contribution in [1.82, 2.24) is 4.90 Å². The van der Waals surface area contributed by atoms with Crippen molar-refractivity contribution in [3.8, 4) is 10.6 Å². The van der Waals surface area contributed by atoms with Crippen molar-refractivity contribution in [1.29, 1.82) is 0 Å². The molecule has 2 aromatic rings. The highest BCUT2D eigenvalue weighted by Crippen LogP contribution is 2.33. The molecule has 4 rings (SSSR count). The monoisotopic (exact) mass is 345 g/mol. The molecule has 1 atom stereocenters. The lowest BCUT2D eigenvalue weighted by Crippen LogP contribution is -2.27. The third kappa shape index (κ3) is 3.11. The number of aryl methyl sites for hydroxylation is 1. The van der Waals surface area contributed by atoms with Crippen LogP contribution in [0.4, 0.5) is 0 Å². The Hall–Kier alpha value is -2.08. The minimum absolute atomic E-state index is 0.120. The van der Waals surface area contributed by atoms with Gasteiger partial charge in [-0.15, -0.1) is 11.3 Å². The summed E-state index contributed by atoms with van der Waals surface area (Å²) in [5, 5.41) is 0. The van der Waals surface area contributed by atoms with Crippen molar-refractivity contribution >= 4 is 23.2 Å². The van der Waals surface area contributed by atoms with Crippen LogP contribution in [0.1, 0.15) is 34.7 Å². The largest absolute Gasteiger partial charge is 0.461 e. The summed E-state index contributed by atoms with van der Waals surface area (Å²) < 4.78 is 11.0. The van der Waals surface area contributed by atoms with Gasteiger partial charge in [-0.25, -0.2) is 4.79 Å². The molecule has 126 valence electrons. The van der Waals surface area contributed by atoms with Crippen molar-refractivity contribution in [3.05, 3.63) is 34.9 Å². The molecule has 1 saturated carbocycles. The van der Waals surface area contributed by atoms with Gasteiger partial charge in [-0.1, -0.05) is 0 Å². The zero-order chi connectivity index (χ0) is 16.7. The summed E-state index contributed by atoms with van der Waals surface area (Å²) in [7, 11) is 0. The smallest absolute Gasteiger partial charge is 0.348 e. The number of amides is 1. The molecule has 1 saturated heterocycles. The second-order valence-corrected chi connectivity index (χ2v) is 7.60. The second kappa shape index (κ2) is 6.09. The molecule has 0 unspecified atom stereocenters. The molecule has 0 radical (unpaired) electrons. The van der Waals surface area contributed by atoms with Gasteiger partial charge in [0.25, 0.3) is 0 Å². The predicted octanol–water partition coefficient (Wildman–Crippen LogP) is 3.48. The minimum Gasteiger partial charge on any atom is -0.461 e. The van der Waals surface area contributed by atoms with Crippen LogP contribution in [0.2, 0.25) is 0 Å². The summed E-state index contributed by atoms with van der Waals surface area (Å²) in [6, 6.07) is 7.86. The molecule has 2 aliphatic rings. The van der Waals surface area contributed by atoms with E-state index in [1.54, 1.807) is 6.07 Å². The van der Waals surface area contributed by atoms with Crippen LogP contribution in [-0.2, 0) is 9.53 Å². The lowest BCUT2D eigenvalue weighted by atomic mass is 10.1. The summed E-state index contributed by atoms with van der Waals surface area (Å²) in [5.41, 5.74) is 0. The highest BCUT2D eigenvalue weighted by Gasteiger charge is 2.39. The highest BCUT2D eigenvalue weighted by molar-refractivity contribution is 7.17. The van der Waals surface area contributed by atoms with Crippen molar-refractivity contribution in [3.63, 3.8) is 0 Å². The lowest BCUT2D eigenvalue weighted by molar-refractivity contribution is -0.128. The molecule has 0 N–H and O–H groups in total. The molecule has 24 heavy (non-hydrogen) atoms. The number of hydrogen-bond donors (Lipinski definition) is 0. The van der Waals surface area contributed by atoms with Crippen molar-refractivity contribution in [2.45, 2.75) is 32.2 Å². The van der Waals surface area contributed by atoms with Gasteiger partial charge >= 0.3 is 5.97 Å². The van der Waals surface area contributed by atoms with Crippen LogP contribution < -0.4 is 0 Å². The summed E-state index contributed by atoms with van der Waals surface area (Å²) >= 11 is 1.36. The molecular weight excluding hydrogens is 326 g/mol. The topological polar surface area (TPSA) is 59.8 Å². The highest BCUT2D eigenvalue weighted by atomic mass is 32.1. The number of hydrogen-bond acceptors (Lipinski definition) is 5. The van der Waals surface area contributed by atoms with E-state index in [4.69, 9.17) is 9.15 Å². The number of likely N-dealkylation sites (tertiary alicyclic amines) is 1. The molecular formula is C18H19NO4S. The second-order valence-electron chi connectivity index (χ2n) is 6.52. The summed E-state index contributed by atoms with van der Waals surface area (Å²) in [4.78, 5) is 27.6. The molecule has 6 heteroatoms. The summed E-state index contributed by atoms with van der Waals surface area (Å²) in [5.74, 6) is 1.60. The fourth-order valence-corrected chi connectivity index (χ4v) is 3.93. The number of esters is 1. The molecule has 0 bridgehead atoms. The number of ether oxygens (including phenoxy) is 1. The minimum atomic E-state index is -0.327. The van der Waals surface area contributed by atoms with Gasteiger partial charge in [0.2, 0.25) is 5.91 Å². The van der Waals surface area contributed by atoms with E-state index in [1.807, 2.05) is 30.0 Å². The van der Waals surface area contributed by atoms with Crippen LogP contribution in [0.3, 0.4) is 0 Å². The Morgan fingerprint density at radius 2 is 2.17 bits per heavy atom. The van der Waals surface area contributed by atoms with E-state index < -0.39 is 0 Å². The van der Waals surface area contributed by atoms with Gasteiger partial charge in [-0.2, -0.15) is 0 Å². The molecule has 1 aliphatic carbocycles. The standard InChI is InChI=1S/C18H19NO4S/c1-11-2-5-14(23-11)15-6-7-16(24-15)18(21)22-10-12-8-17(20)19(9-12)13-3-4-13/h2,5-7,12-13H,3-4,8-10H2,1H3/t12-/m0/s1. The fourth-order valence-electron chi connectivity index (χ4n) is 3.07. The number of thiophene rings is 1. The van der Waals surface area contributed by atoms with E-state index >= 15 is 0 Å². The Labute approximate surface area is 144 Å². The van der Waals surface area contributed by atoms with E-state index in [0.29, 0.717) is 23.9 Å². The van der Waals surface area contributed by atoms with Crippen molar-refractivity contribution in [2.24, 2.45) is 5.92 Å². The maximum atomic E-state index is 12.2. The van der Waals surface area contributed by atoms with Crippen LogP contribution in [0.25, 0.3) is 10.6 Å². The molecule has 1 aliphatic heterocycles. The van der Waals surface area contributed by atoms with Crippen molar-refractivity contribution < 1.29 is 18.7 Å². The van der Waals surface area contributed by atoms with E-state index in [9.17, 15) is 9.59 Å². The molecule has 1 amide bonds. The Morgan fingerprint density at radius 3 is 2.88 bits per heavy atom. The van der Waals surface area contributed by atoms with Crippen LogP contribution in [0.5, 0.6) is 0 Å². The average Bonchev–Trinajstić information content (AvgIpc) is 2.97. The van der Waals surface area contributed by atoms with Crippen LogP contribution in [-0.4, -0.2) is 36.0 Å². The van der Waals surface area contributed by atoms with Gasteiger partial charge in [0.1, 0.15) is 16.4 Å². The van der Waals surface area contributed by atoms with E-state index in [1.165, 1.54) is 11.3 Å². The molecule has 5 nitrogen and oxygen atoms in total. The Kier molecular flexibility index (Phi) is 3.92. The maximum Gasteiger partial charge on any atom is 0.348 e. The number of rotatable bonds is 5. The molecule has 0 aromatic carbocycles. The zero-order valence-corrected chi connectivity index (χ0v) is 14.3. The first-order valence-corrected chi connectivity index (χ1v) is 9.05. The SMILES string of the molecule is Cc1ccc(-c2ccc(C(=O)OC[C@H]3CC(=O)N(C4CC4)C3)s2)o1. The van der Waals surface area contributed by atoms with E-state index in [-0.39, 0.29) is 17.8 Å². The van der Waals surface area contributed by atoms with Crippen LogP contribution in [0.15, 0.2) is 28.7 Å². The fraction of sp³-hybridized carbons (Fsp3) is 0.444. The van der Waals surface area contributed by atoms with Gasteiger partial charge in [-0.3, -0.25) is 4.79 Å². The Bertz CT molecular complexity index is 774. The average molecular weight is 345 g/mol. The Balaban J connectivity index is 1.33. The summed E-state index contributed by atoms with van der Waals surface area (Å²) in [6.45, 7) is 2.92. The van der Waals surface area contributed by atoms with E-state index in [2.05, 4.69) is 0 Å². The van der Waals surface area contributed by atoms with E-state index in [0.717, 1.165) is 35.8 Å². The maximum absolute atomic E-state index is 12.2. The van der Waals surface area contributed by atoms with Gasteiger partial charge < -0.3 is 14.1 Å². The van der Waals surface area contributed by atoms with Crippen molar-refractivity contribution in [2.75, 3.05) is 13.2 Å². The molecule has 2 fully saturated rings. The first-order chi connectivity index (χ1) is 11.6. The quantitative estimate of drug-likeness (QED) is 0.779. The first kappa shape index (κ1) is 15.4. The van der Waals surface area contributed by atoms with Crippen LogP contribution >= 0.6 is 11.3 Å². The van der Waals surface area contributed by atoms with Gasteiger partial charge in [-0.05, 0) is 44.0 Å². The molecule has 3 heterocycles. The summed E-state index contributed by atoms with van der Waals surface area (Å²) in [6.07, 6.45) is 2.72. The Morgan fingerprint density at radius 1 is 1.33 bits per heavy atom. The zero-order valence-electron chi connectivity index (χ0n) is 13.5. The molecule has 2 aromatic heterocycles. The number of carbonyl (C=O) groups is 2. The third-order valence-electron chi connectivity index (χ3n) is 4.47. The normalized spacial score (nSPS) is 20.6. The van der Waals surface area contributed by atoms with Gasteiger partial charge in [0.15, 0.2) is 0 Å². The third-order valence-corrected chi connectivity index (χ3v) is 5.55. The van der Waals surface area contributed by atoms with Gasteiger partial charge in [0.05, 0.1) is 11.5 Å². The predicted molar refractivity (Wildman–Crippen MR) is 89.9 cm³/mol. The first-order valence-electron chi connectivity index (χ1n) is 8.23.